The van der Waals surface area contributed by atoms with Gasteiger partial charge < -0.3 is 9.30 Å². The average Bonchev–Trinajstić information content (AvgIpc) is 3.22. The first-order valence-corrected chi connectivity index (χ1v) is 10.3. The fraction of sp³-hybridized carbons (Fsp3) is 0.417. The Morgan fingerprint density at radius 3 is 2.31 bits per heavy atom. The third-order valence-electron chi connectivity index (χ3n) is 5.94. The third-order valence-corrected chi connectivity index (χ3v) is 5.94. The lowest BCUT2D eigenvalue weighted by Crippen LogP contribution is -2.14. The summed E-state index contributed by atoms with van der Waals surface area (Å²) in [5.74, 6) is 0. The highest BCUT2D eigenvalue weighted by molar-refractivity contribution is 5.89. The normalized spacial score (nSPS) is 12.9. The van der Waals surface area contributed by atoms with Crippen LogP contribution in [-0.2, 0) is 4.74 Å². The summed E-state index contributed by atoms with van der Waals surface area (Å²) in [5.41, 5.74) is 10.2. The number of rotatable bonds is 5. The van der Waals surface area contributed by atoms with Gasteiger partial charge in [-0.25, -0.2) is 4.98 Å². The van der Waals surface area contributed by atoms with Crippen molar-refractivity contribution in [1.29, 1.82) is 0 Å². The molecule has 4 rings (SSSR count). The standard InChI is InChI=1S/C24H30N4O/c1-8-19(13-29-7)27-10-9-20-17(5)25-23-22(18(6)26-28(23)24(20)27)21-15(3)11-14(2)12-16(21)4/h9-12,19H,8,13H2,1-7H3. The largest absolute Gasteiger partial charge is 0.383 e. The van der Waals surface area contributed by atoms with E-state index >= 15 is 0 Å². The smallest absolute Gasteiger partial charge is 0.165 e. The number of methoxy groups -OCH3 is 1. The zero-order valence-corrected chi connectivity index (χ0v) is 18.5. The molecule has 1 atom stereocenters. The van der Waals surface area contributed by atoms with Gasteiger partial charge in [-0.05, 0) is 63.8 Å². The molecule has 0 aliphatic carbocycles. The van der Waals surface area contributed by atoms with E-state index < -0.39 is 0 Å². The van der Waals surface area contributed by atoms with E-state index in [2.05, 4.69) is 70.5 Å². The minimum atomic E-state index is 0.262. The van der Waals surface area contributed by atoms with Crippen LogP contribution in [0.5, 0.6) is 0 Å². The molecule has 3 aromatic heterocycles. The summed E-state index contributed by atoms with van der Waals surface area (Å²) < 4.78 is 9.81. The fourth-order valence-electron chi connectivity index (χ4n) is 4.68. The van der Waals surface area contributed by atoms with Crippen LogP contribution in [0.15, 0.2) is 24.4 Å². The van der Waals surface area contributed by atoms with E-state index in [1.165, 1.54) is 22.3 Å². The monoisotopic (exact) mass is 390 g/mol. The van der Waals surface area contributed by atoms with Crippen molar-refractivity contribution in [1.82, 2.24) is 19.2 Å². The van der Waals surface area contributed by atoms with Crippen LogP contribution >= 0.6 is 0 Å². The molecular weight excluding hydrogens is 360 g/mol. The number of benzene rings is 1. The quantitative estimate of drug-likeness (QED) is 0.452. The van der Waals surface area contributed by atoms with Gasteiger partial charge in [-0.2, -0.15) is 9.61 Å². The first-order valence-electron chi connectivity index (χ1n) is 10.3. The summed E-state index contributed by atoms with van der Waals surface area (Å²) >= 11 is 0. The van der Waals surface area contributed by atoms with Crippen LogP contribution in [0, 0.1) is 34.6 Å². The van der Waals surface area contributed by atoms with E-state index in [-0.39, 0.29) is 6.04 Å². The number of aryl methyl sites for hydroxylation is 5. The van der Waals surface area contributed by atoms with Crippen LogP contribution in [0.25, 0.3) is 27.8 Å². The second-order valence-electron chi connectivity index (χ2n) is 8.14. The number of aromatic nitrogens is 4. The van der Waals surface area contributed by atoms with Crippen LogP contribution in [0.4, 0.5) is 0 Å². The molecule has 152 valence electrons. The molecule has 1 aromatic carbocycles. The highest BCUT2D eigenvalue weighted by atomic mass is 16.5. The van der Waals surface area contributed by atoms with Crippen molar-refractivity contribution in [2.45, 2.75) is 54.0 Å². The SMILES string of the molecule is CCC(COC)n1ccc2c(C)nc3c(-c4c(C)cc(C)cc4C)c(C)nn3c21. The molecular formula is C24H30N4O. The summed E-state index contributed by atoms with van der Waals surface area (Å²) in [6.07, 6.45) is 3.13. The number of nitrogens with zero attached hydrogens (tertiary/aromatic N) is 4. The molecule has 0 N–H and O–H groups in total. The highest BCUT2D eigenvalue weighted by Crippen LogP contribution is 2.35. The first-order chi connectivity index (χ1) is 13.9. The fourth-order valence-corrected chi connectivity index (χ4v) is 4.68. The van der Waals surface area contributed by atoms with Gasteiger partial charge in [0, 0.05) is 18.7 Å². The molecule has 0 saturated heterocycles. The zero-order valence-electron chi connectivity index (χ0n) is 18.5. The molecule has 0 spiro atoms. The molecule has 5 heteroatoms. The van der Waals surface area contributed by atoms with Gasteiger partial charge in [0.25, 0.3) is 0 Å². The maximum atomic E-state index is 5.48. The van der Waals surface area contributed by atoms with E-state index in [0.717, 1.165) is 40.1 Å². The average molecular weight is 391 g/mol. The molecule has 0 amide bonds. The Balaban J connectivity index is 2.08. The minimum Gasteiger partial charge on any atom is -0.383 e. The summed E-state index contributed by atoms with van der Waals surface area (Å²) in [4.78, 5) is 5.01. The van der Waals surface area contributed by atoms with Crippen molar-refractivity contribution in [2.24, 2.45) is 0 Å². The molecule has 3 heterocycles. The topological polar surface area (TPSA) is 44.3 Å². The molecule has 0 radical (unpaired) electrons. The maximum Gasteiger partial charge on any atom is 0.165 e. The van der Waals surface area contributed by atoms with E-state index in [1.807, 2.05) is 4.52 Å². The molecule has 0 aliphatic rings. The van der Waals surface area contributed by atoms with Crippen molar-refractivity contribution in [3.05, 3.63) is 52.5 Å². The maximum absolute atomic E-state index is 5.48. The second-order valence-corrected chi connectivity index (χ2v) is 8.14. The Bertz CT molecular complexity index is 1190. The van der Waals surface area contributed by atoms with Gasteiger partial charge in [0.2, 0.25) is 0 Å². The van der Waals surface area contributed by atoms with Crippen LogP contribution in [-0.4, -0.2) is 32.9 Å². The summed E-state index contributed by atoms with van der Waals surface area (Å²) in [5, 5.41) is 6.10. The second kappa shape index (κ2) is 7.30. The first kappa shape index (κ1) is 19.6. The molecule has 5 nitrogen and oxygen atoms in total. The van der Waals surface area contributed by atoms with E-state index in [9.17, 15) is 0 Å². The van der Waals surface area contributed by atoms with Crippen molar-refractivity contribution in [3.8, 4) is 11.1 Å². The Morgan fingerprint density at radius 2 is 1.69 bits per heavy atom. The van der Waals surface area contributed by atoms with Crippen molar-refractivity contribution in [3.63, 3.8) is 0 Å². The van der Waals surface area contributed by atoms with E-state index in [4.69, 9.17) is 14.8 Å². The Hall–Kier alpha value is -2.66. The summed E-state index contributed by atoms with van der Waals surface area (Å²) in [7, 11) is 1.76. The minimum absolute atomic E-state index is 0.262. The number of hydrogen-bond acceptors (Lipinski definition) is 3. The van der Waals surface area contributed by atoms with Crippen LogP contribution in [0.2, 0.25) is 0 Å². The van der Waals surface area contributed by atoms with Gasteiger partial charge in [-0.3, -0.25) is 0 Å². The van der Waals surface area contributed by atoms with Crippen LogP contribution < -0.4 is 0 Å². The van der Waals surface area contributed by atoms with Crippen molar-refractivity contribution in [2.75, 3.05) is 13.7 Å². The predicted octanol–water partition coefficient (Wildman–Crippen LogP) is 5.49. The molecule has 29 heavy (non-hydrogen) atoms. The zero-order chi connectivity index (χ0) is 20.9. The number of hydrogen-bond donors (Lipinski definition) is 0. The van der Waals surface area contributed by atoms with Crippen molar-refractivity contribution >= 4 is 16.7 Å². The lowest BCUT2D eigenvalue weighted by atomic mass is 9.94. The van der Waals surface area contributed by atoms with Gasteiger partial charge in [0.1, 0.15) is 5.65 Å². The van der Waals surface area contributed by atoms with Gasteiger partial charge in [0.15, 0.2) is 5.65 Å². The highest BCUT2D eigenvalue weighted by Gasteiger charge is 2.22. The van der Waals surface area contributed by atoms with Gasteiger partial charge in [-0.1, -0.05) is 24.6 Å². The van der Waals surface area contributed by atoms with Crippen LogP contribution in [0.1, 0.15) is 47.5 Å². The van der Waals surface area contributed by atoms with Crippen molar-refractivity contribution < 1.29 is 4.74 Å². The predicted molar refractivity (Wildman–Crippen MR) is 119 cm³/mol. The molecule has 4 aromatic rings. The molecule has 1 unspecified atom stereocenters. The third kappa shape index (κ3) is 3.04. The molecule has 0 aliphatic heterocycles. The Morgan fingerprint density at radius 1 is 1.00 bits per heavy atom. The lowest BCUT2D eigenvalue weighted by Gasteiger charge is -2.18. The van der Waals surface area contributed by atoms with Gasteiger partial charge in [0.05, 0.1) is 29.6 Å². The molecule has 0 fully saturated rings. The molecule has 0 bridgehead atoms. The number of ether oxygens (including phenoxy) is 1. The summed E-state index contributed by atoms with van der Waals surface area (Å²) in [6, 6.07) is 6.89. The summed E-state index contributed by atoms with van der Waals surface area (Å²) in [6.45, 7) is 13.5. The lowest BCUT2D eigenvalue weighted by molar-refractivity contribution is 0.154. The van der Waals surface area contributed by atoms with E-state index in [0.29, 0.717) is 6.61 Å². The Kier molecular flexibility index (Phi) is 4.95. The van der Waals surface area contributed by atoms with E-state index in [1.54, 1.807) is 7.11 Å². The Labute approximate surface area is 172 Å². The number of fused-ring (bicyclic) bond motifs is 3. The molecule has 0 saturated carbocycles. The van der Waals surface area contributed by atoms with Gasteiger partial charge >= 0.3 is 0 Å². The van der Waals surface area contributed by atoms with Gasteiger partial charge in [-0.15, -0.1) is 0 Å². The van der Waals surface area contributed by atoms with Crippen LogP contribution in [0.3, 0.4) is 0 Å².